The maximum atomic E-state index is 13.4. The van der Waals surface area contributed by atoms with E-state index in [2.05, 4.69) is 15.5 Å². The first-order valence-corrected chi connectivity index (χ1v) is 12.4. The topological polar surface area (TPSA) is 95.2 Å². The Hall–Kier alpha value is -2.96. The minimum Gasteiger partial charge on any atom is -0.338 e. The number of hydrogen-bond donors (Lipinski definition) is 2. The largest absolute Gasteiger partial charge is 0.338 e. The highest BCUT2D eigenvalue weighted by atomic mass is 16.2. The monoisotopic (exact) mass is 448 g/mol. The second-order valence-corrected chi connectivity index (χ2v) is 9.76. The summed E-state index contributed by atoms with van der Waals surface area (Å²) in [5, 5.41) is 10.4. The van der Waals surface area contributed by atoms with Crippen LogP contribution >= 0.6 is 0 Å². The lowest BCUT2D eigenvalue weighted by Gasteiger charge is -2.33. The number of rotatable bonds is 4. The maximum Gasteiger partial charge on any atom is 0.253 e. The van der Waals surface area contributed by atoms with E-state index in [1.807, 2.05) is 17.0 Å². The molecule has 33 heavy (non-hydrogen) atoms. The van der Waals surface area contributed by atoms with Gasteiger partial charge < -0.3 is 10.2 Å². The minimum absolute atomic E-state index is 0.00949. The average Bonchev–Trinajstić information content (AvgIpc) is 3.50. The first kappa shape index (κ1) is 21.9. The van der Waals surface area contributed by atoms with E-state index in [0.29, 0.717) is 25.1 Å². The summed E-state index contributed by atoms with van der Waals surface area (Å²) in [4.78, 5) is 40.2. The van der Waals surface area contributed by atoms with Crippen molar-refractivity contribution in [1.29, 1.82) is 0 Å². The van der Waals surface area contributed by atoms with Crippen LogP contribution in [-0.4, -0.2) is 45.8 Å². The molecule has 7 nitrogen and oxygen atoms in total. The van der Waals surface area contributed by atoms with Gasteiger partial charge in [-0.1, -0.05) is 18.9 Å². The number of hydrogen-bond acceptors (Lipinski definition) is 4. The molecule has 7 heteroatoms. The zero-order chi connectivity index (χ0) is 22.8. The third-order valence-electron chi connectivity index (χ3n) is 7.52. The van der Waals surface area contributed by atoms with Crippen LogP contribution in [0.2, 0.25) is 0 Å². The molecular formula is C26H32N4O3. The summed E-state index contributed by atoms with van der Waals surface area (Å²) >= 11 is 0. The van der Waals surface area contributed by atoms with E-state index in [0.717, 1.165) is 80.3 Å². The Morgan fingerprint density at radius 3 is 2.70 bits per heavy atom. The fourth-order valence-electron chi connectivity index (χ4n) is 5.65. The number of likely N-dealkylation sites (tertiary alicyclic amines) is 1. The zero-order valence-corrected chi connectivity index (χ0v) is 19.1. The van der Waals surface area contributed by atoms with Crippen LogP contribution in [0, 0.1) is 5.92 Å². The quantitative estimate of drug-likeness (QED) is 0.675. The number of nitrogens with one attached hydrogen (secondary N) is 2. The number of carbonyl (C=O) groups excluding carboxylic acids is 3. The number of ketones is 1. The lowest BCUT2D eigenvalue weighted by Crippen LogP contribution is -2.39. The number of fused-ring (bicyclic) bond motifs is 1. The first-order chi connectivity index (χ1) is 16.1. The van der Waals surface area contributed by atoms with Gasteiger partial charge in [-0.15, -0.1) is 0 Å². The molecule has 3 aliphatic rings. The van der Waals surface area contributed by atoms with Crippen molar-refractivity contribution in [2.45, 2.75) is 70.1 Å². The first-order valence-electron chi connectivity index (χ1n) is 12.4. The highest BCUT2D eigenvalue weighted by Crippen LogP contribution is 2.33. The molecule has 1 aromatic carbocycles. The van der Waals surface area contributed by atoms with Crippen molar-refractivity contribution in [2.75, 3.05) is 18.4 Å². The zero-order valence-electron chi connectivity index (χ0n) is 19.1. The molecule has 2 heterocycles. The molecule has 174 valence electrons. The van der Waals surface area contributed by atoms with E-state index < -0.39 is 0 Å². The average molecular weight is 449 g/mol. The molecule has 1 unspecified atom stereocenters. The van der Waals surface area contributed by atoms with Crippen molar-refractivity contribution in [1.82, 2.24) is 15.1 Å². The Morgan fingerprint density at radius 2 is 1.85 bits per heavy atom. The van der Waals surface area contributed by atoms with Gasteiger partial charge in [-0.25, -0.2) is 0 Å². The van der Waals surface area contributed by atoms with Crippen molar-refractivity contribution >= 4 is 23.3 Å². The van der Waals surface area contributed by atoms with E-state index in [1.54, 1.807) is 12.3 Å². The predicted molar refractivity (Wildman–Crippen MR) is 125 cm³/mol. The van der Waals surface area contributed by atoms with Crippen molar-refractivity contribution in [2.24, 2.45) is 5.92 Å². The number of nitrogens with zero attached hydrogens (tertiary/aromatic N) is 2. The summed E-state index contributed by atoms with van der Waals surface area (Å²) in [5.41, 5.74) is 4.09. The fraction of sp³-hybridized carbons (Fsp3) is 0.538. The smallest absolute Gasteiger partial charge is 0.253 e. The number of aryl methyl sites for hydroxylation is 1. The van der Waals surface area contributed by atoms with E-state index in [1.165, 1.54) is 0 Å². The molecule has 1 aromatic heterocycles. The van der Waals surface area contributed by atoms with Crippen molar-refractivity contribution in [3.8, 4) is 0 Å². The molecule has 2 amide bonds. The normalized spacial score (nSPS) is 21.5. The number of amides is 2. The SMILES string of the molecule is O=C1CCCCc2cc(C(=O)N3CCCC(c4[nH]ncc4NC(=O)C4CCCC4)C3)ccc21. The molecule has 1 atom stereocenters. The van der Waals surface area contributed by atoms with Crippen LogP contribution in [0.1, 0.15) is 95.7 Å². The molecule has 0 bridgehead atoms. The number of benzene rings is 1. The Kier molecular flexibility index (Phi) is 6.29. The summed E-state index contributed by atoms with van der Waals surface area (Å²) < 4.78 is 0. The minimum atomic E-state index is 0.00949. The fourth-order valence-corrected chi connectivity index (χ4v) is 5.65. The van der Waals surface area contributed by atoms with Crippen molar-refractivity contribution in [3.63, 3.8) is 0 Å². The van der Waals surface area contributed by atoms with Crippen LogP contribution in [0.5, 0.6) is 0 Å². The maximum absolute atomic E-state index is 13.4. The Bertz CT molecular complexity index is 1050. The predicted octanol–water partition coefficient (Wildman–Crippen LogP) is 4.47. The highest BCUT2D eigenvalue weighted by molar-refractivity contribution is 6.00. The van der Waals surface area contributed by atoms with Gasteiger partial charge in [0, 0.05) is 42.5 Å². The second-order valence-electron chi connectivity index (χ2n) is 9.76. The summed E-state index contributed by atoms with van der Waals surface area (Å²) in [6, 6.07) is 5.56. The van der Waals surface area contributed by atoms with E-state index >= 15 is 0 Å². The number of aromatic amines is 1. The Morgan fingerprint density at radius 1 is 1.03 bits per heavy atom. The van der Waals surface area contributed by atoms with Crippen LogP contribution in [-0.2, 0) is 11.2 Å². The number of anilines is 1. The van der Waals surface area contributed by atoms with Crippen molar-refractivity contribution in [3.05, 3.63) is 46.8 Å². The molecule has 5 rings (SSSR count). The number of aromatic nitrogens is 2. The number of piperidine rings is 1. The van der Waals surface area contributed by atoms with Gasteiger partial charge in [-0.05, 0) is 62.6 Å². The van der Waals surface area contributed by atoms with Gasteiger partial charge in [-0.3, -0.25) is 19.5 Å². The second kappa shape index (κ2) is 9.49. The third kappa shape index (κ3) is 4.59. The molecule has 1 saturated carbocycles. The van der Waals surface area contributed by atoms with Gasteiger partial charge in [0.2, 0.25) is 5.91 Å². The Labute approximate surface area is 194 Å². The molecular weight excluding hydrogens is 416 g/mol. The van der Waals surface area contributed by atoms with Gasteiger partial charge in [0.1, 0.15) is 0 Å². The van der Waals surface area contributed by atoms with Crippen LogP contribution in [0.4, 0.5) is 5.69 Å². The highest BCUT2D eigenvalue weighted by Gasteiger charge is 2.30. The summed E-state index contributed by atoms with van der Waals surface area (Å²) in [6.45, 7) is 1.30. The number of carbonyl (C=O) groups is 3. The van der Waals surface area contributed by atoms with Gasteiger partial charge >= 0.3 is 0 Å². The lowest BCUT2D eigenvalue weighted by molar-refractivity contribution is -0.119. The van der Waals surface area contributed by atoms with Crippen LogP contribution < -0.4 is 5.32 Å². The summed E-state index contributed by atoms with van der Waals surface area (Å²) in [6.07, 6.45) is 11.0. The molecule has 2 N–H and O–H groups in total. The Balaban J connectivity index is 1.29. The summed E-state index contributed by atoms with van der Waals surface area (Å²) in [7, 11) is 0. The molecule has 0 spiro atoms. The van der Waals surface area contributed by atoms with Crippen LogP contribution in [0.3, 0.4) is 0 Å². The van der Waals surface area contributed by atoms with Gasteiger partial charge in [0.15, 0.2) is 5.78 Å². The van der Waals surface area contributed by atoms with Gasteiger partial charge in [0.05, 0.1) is 17.6 Å². The molecule has 1 aliphatic heterocycles. The lowest BCUT2D eigenvalue weighted by atomic mass is 9.93. The number of H-pyrrole nitrogens is 1. The van der Waals surface area contributed by atoms with Gasteiger partial charge in [-0.2, -0.15) is 5.10 Å². The standard InChI is InChI=1S/C26H32N4O3/c31-23-10-4-3-8-18-14-19(11-12-21(18)23)26(33)30-13-5-9-20(16-30)24-22(15-27-29-24)28-25(32)17-6-1-2-7-17/h11-12,14-15,17,20H,1-10,13,16H2,(H,27,29)(H,28,32). The van der Waals surface area contributed by atoms with E-state index in [9.17, 15) is 14.4 Å². The molecule has 2 aromatic rings. The molecule has 2 fully saturated rings. The van der Waals surface area contributed by atoms with Gasteiger partial charge in [0.25, 0.3) is 5.91 Å². The van der Waals surface area contributed by atoms with Crippen LogP contribution in [0.25, 0.3) is 0 Å². The van der Waals surface area contributed by atoms with Crippen molar-refractivity contribution < 1.29 is 14.4 Å². The van der Waals surface area contributed by atoms with Crippen LogP contribution in [0.15, 0.2) is 24.4 Å². The summed E-state index contributed by atoms with van der Waals surface area (Å²) in [5.74, 6) is 0.475. The number of Topliss-reactive ketones (excluding diaryl/α,β-unsaturated/α-hetero) is 1. The molecule has 0 radical (unpaired) electrons. The van der Waals surface area contributed by atoms with E-state index in [4.69, 9.17) is 0 Å². The van der Waals surface area contributed by atoms with E-state index in [-0.39, 0.29) is 29.4 Å². The third-order valence-corrected chi connectivity index (χ3v) is 7.52. The molecule has 2 aliphatic carbocycles. The molecule has 1 saturated heterocycles.